The monoisotopic (exact) mass is 247 g/mol. The van der Waals surface area contributed by atoms with Crippen molar-refractivity contribution in [2.45, 2.75) is 65.3 Å². The Bertz CT molecular complexity index is 348. The first kappa shape index (κ1) is 15.2. The fourth-order valence-electron chi connectivity index (χ4n) is 2.62. The number of rotatable bonds is 6. The van der Waals surface area contributed by atoms with Gasteiger partial charge in [-0.3, -0.25) is 0 Å². The van der Waals surface area contributed by atoms with Crippen molar-refractivity contribution in [2.24, 2.45) is 0 Å². The van der Waals surface area contributed by atoms with E-state index in [4.69, 9.17) is 0 Å². The Morgan fingerprint density at radius 2 is 1.61 bits per heavy atom. The van der Waals surface area contributed by atoms with Gasteiger partial charge in [0.15, 0.2) is 0 Å². The molecule has 0 bridgehead atoms. The molecule has 1 unspecified atom stereocenters. The molecule has 0 fully saturated rings. The smallest absolute Gasteiger partial charge is 0.00468 e. The Labute approximate surface area is 113 Å². The van der Waals surface area contributed by atoms with Crippen molar-refractivity contribution in [3.05, 3.63) is 35.4 Å². The molecule has 1 atom stereocenters. The second-order valence-corrected chi connectivity index (χ2v) is 6.32. The van der Waals surface area contributed by atoms with Crippen LogP contribution < -0.4 is 5.32 Å². The second-order valence-electron chi connectivity index (χ2n) is 6.32. The summed E-state index contributed by atoms with van der Waals surface area (Å²) < 4.78 is 0. The van der Waals surface area contributed by atoms with Crippen molar-refractivity contribution in [1.82, 2.24) is 5.32 Å². The van der Waals surface area contributed by atoms with E-state index in [0.717, 1.165) is 6.54 Å². The van der Waals surface area contributed by atoms with E-state index in [1.165, 1.54) is 17.5 Å². The van der Waals surface area contributed by atoms with E-state index in [-0.39, 0.29) is 5.41 Å². The SMILES string of the molecule is CCNC(C)CC(C)(C)c1ccc(C(C)C)cc1. The van der Waals surface area contributed by atoms with Gasteiger partial charge in [-0.2, -0.15) is 0 Å². The molecule has 0 saturated carbocycles. The van der Waals surface area contributed by atoms with Crippen LogP contribution in [0, 0.1) is 0 Å². The van der Waals surface area contributed by atoms with Gasteiger partial charge in [-0.05, 0) is 42.3 Å². The Morgan fingerprint density at radius 1 is 1.06 bits per heavy atom. The highest BCUT2D eigenvalue weighted by Gasteiger charge is 2.23. The van der Waals surface area contributed by atoms with E-state index in [1.54, 1.807) is 0 Å². The van der Waals surface area contributed by atoms with Crippen molar-refractivity contribution in [2.75, 3.05) is 6.54 Å². The van der Waals surface area contributed by atoms with Gasteiger partial charge in [0.2, 0.25) is 0 Å². The van der Waals surface area contributed by atoms with Gasteiger partial charge in [-0.15, -0.1) is 0 Å². The molecule has 1 N–H and O–H groups in total. The van der Waals surface area contributed by atoms with Crippen molar-refractivity contribution in [3.63, 3.8) is 0 Å². The molecule has 0 saturated heterocycles. The standard InChI is InChI=1S/C17H29N/c1-7-18-14(4)12-17(5,6)16-10-8-15(9-11-16)13(2)3/h8-11,13-14,18H,7,12H2,1-6H3. The Kier molecular flexibility index (Phi) is 5.40. The Balaban J connectivity index is 2.78. The molecule has 18 heavy (non-hydrogen) atoms. The Hall–Kier alpha value is -0.820. The third-order valence-electron chi connectivity index (χ3n) is 3.73. The highest BCUT2D eigenvalue weighted by Crippen LogP contribution is 2.29. The molecule has 0 spiro atoms. The lowest BCUT2D eigenvalue weighted by molar-refractivity contribution is 0.394. The normalized spacial score (nSPS) is 13.9. The van der Waals surface area contributed by atoms with Gasteiger partial charge < -0.3 is 5.32 Å². The largest absolute Gasteiger partial charge is 0.315 e. The summed E-state index contributed by atoms with van der Waals surface area (Å²) in [6.45, 7) is 14.6. The molecule has 1 aromatic carbocycles. The lowest BCUT2D eigenvalue weighted by atomic mass is 9.79. The molecule has 0 amide bonds. The number of hydrogen-bond acceptors (Lipinski definition) is 1. The van der Waals surface area contributed by atoms with E-state index in [0.29, 0.717) is 12.0 Å². The lowest BCUT2D eigenvalue weighted by Crippen LogP contribution is -2.33. The number of nitrogens with one attached hydrogen (secondary N) is 1. The molecule has 1 heteroatoms. The molecule has 0 aliphatic rings. The van der Waals surface area contributed by atoms with E-state index < -0.39 is 0 Å². The fourth-order valence-corrected chi connectivity index (χ4v) is 2.62. The number of hydrogen-bond donors (Lipinski definition) is 1. The van der Waals surface area contributed by atoms with Gasteiger partial charge in [0, 0.05) is 6.04 Å². The minimum absolute atomic E-state index is 0.233. The first-order chi connectivity index (χ1) is 8.36. The van der Waals surface area contributed by atoms with Crippen molar-refractivity contribution in [1.29, 1.82) is 0 Å². The fraction of sp³-hybridized carbons (Fsp3) is 0.647. The summed E-state index contributed by atoms with van der Waals surface area (Å²) in [5, 5.41) is 3.50. The predicted octanol–water partition coefficient (Wildman–Crippen LogP) is 4.48. The van der Waals surface area contributed by atoms with Crippen molar-refractivity contribution in [3.8, 4) is 0 Å². The van der Waals surface area contributed by atoms with Crippen LogP contribution in [0.5, 0.6) is 0 Å². The first-order valence-corrected chi connectivity index (χ1v) is 7.20. The maximum atomic E-state index is 3.50. The van der Waals surface area contributed by atoms with Crippen molar-refractivity contribution < 1.29 is 0 Å². The molecule has 0 radical (unpaired) electrons. The summed E-state index contributed by atoms with van der Waals surface area (Å²) in [7, 11) is 0. The summed E-state index contributed by atoms with van der Waals surface area (Å²) in [6, 6.07) is 9.72. The van der Waals surface area contributed by atoms with Crippen LogP contribution in [-0.2, 0) is 5.41 Å². The molecular weight excluding hydrogens is 218 g/mol. The van der Waals surface area contributed by atoms with Gasteiger partial charge in [-0.1, -0.05) is 58.9 Å². The zero-order valence-corrected chi connectivity index (χ0v) is 12.9. The first-order valence-electron chi connectivity index (χ1n) is 7.20. The van der Waals surface area contributed by atoms with E-state index in [1.807, 2.05) is 0 Å². The van der Waals surface area contributed by atoms with Crippen LogP contribution in [0.2, 0.25) is 0 Å². The van der Waals surface area contributed by atoms with Crippen LogP contribution in [0.3, 0.4) is 0 Å². The molecule has 102 valence electrons. The zero-order valence-electron chi connectivity index (χ0n) is 12.9. The van der Waals surface area contributed by atoms with E-state index >= 15 is 0 Å². The summed E-state index contributed by atoms with van der Waals surface area (Å²) >= 11 is 0. The van der Waals surface area contributed by atoms with Crippen LogP contribution in [0.25, 0.3) is 0 Å². The molecular formula is C17H29N. The van der Waals surface area contributed by atoms with Gasteiger partial charge in [0.1, 0.15) is 0 Å². The van der Waals surface area contributed by atoms with Crippen LogP contribution in [0.1, 0.15) is 65.0 Å². The van der Waals surface area contributed by atoms with E-state index in [9.17, 15) is 0 Å². The third-order valence-corrected chi connectivity index (χ3v) is 3.73. The average molecular weight is 247 g/mol. The topological polar surface area (TPSA) is 12.0 Å². The predicted molar refractivity (Wildman–Crippen MR) is 81.3 cm³/mol. The van der Waals surface area contributed by atoms with Crippen LogP contribution in [-0.4, -0.2) is 12.6 Å². The van der Waals surface area contributed by atoms with Crippen molar-refractivity contribution >= 4 is 0 Å². The van der Waals surface area contributed by atoms with Crippen LogP contribution in [0.15, 0.2) is 24.3 Å². The molecule has 0 heterocycles. The molecule has 1 aromatic rings. The maximum Gasteiger partial charge on any atom is 0.00468 e. The molecule has 0 aliphatic carbocycles. The minimum atomic E-state index is 0.233. The van der Waals surface area contributed by atoms with Gasteiger partial charge in [0.25, 0.3) is 0 Å². The van der Waals surface area contributed by atoms with Gasteiger partial charge >= 0.3 is 0 Å². The summed E-state index contributed by atoms with van der Waals surface area (Å²) in [6.07, 6.45) is 1.17. The molecule has 0 aliphatic heterocycles. The maximum absolute atomic E-state index is 3.50. The minimum Gasteiger partial charge on any atom is -0.315 e. The number of benzene rings is 1. The summed E-state index contributed by atoms with van der Waals surface area (Å²) in [4.78, 5) is 0. The summed E-state index contributed by atoms with van der Waals surface area (Å²) in [5.74, 6) is 0.614. The summed E-state index contributed by atoms with van der Waals surface area (Å²) in [5.41, 5.74) is 3.10. The highest BCUT2D eigenvalue weighted by molar-refractivity contribution is 5.29. The van der Waals surface area contributed by atoms with Crippen LogP contribution in [0.4, 0.5) is 0 Å². The second kappa shape index (κ2) is 6.38. The molecule has 1 rings (SSSR count). The van der Waals surface area contributed by atoms with Crippen LogP contribution >= 0.6 is 0 Å². The Morgan fingerprint density at radius 3 is 2.06 bits per heavy atom. The lowest BCUT2D eigenvalue weighted by Gasteiger charge is -2.29. The molecule has 1 nitrogen and oxygen atoms in total. The van der Waals surface area contributed by atoms with Gasteiger partial charge in [0.05, 0.1) is 0 Å². The third kappa shape index (κ3) is 4.13. The average Bonchev–Trinajstić information content (AvgIpc) is 2.28. The van der Waals surface area contributed by atoms with Gasteiger partial charge in [-0.25, -0.2) is 0 Å². The quantitative estimate of drug-likeness (QED) is 0.781. The highest BCUT2D eigenvalue weighted by atomic mass is 14.9. The molecule has 0 aromatic heterocycles. The zero-order chi connectivity index (χ0) is 13.8. The van der Waals surface area contributed by atoms with E-state index in [2.05, 4.69) is 71.1 Å².